The fourth-order valence-corrected chi connectivity index (χ4v) is 3.53. The van der Waals surface area contributed by atoms with E-state index in [0.717, 1.165) is 38.5 Å². The molecular weight excluding hydrogens is 292 g/mol. The second-order valence-corrected chi connectivity index (χ2v) is 6.19. The molecule has 6 heteroatoms. The van der Waals surface area contributed by atoms with Crippen molar-refractivity contribution in [3.8, 4) is 5.88 Å². The highest BCUT2D eigenvalue weighted by Gasteiger charge is 2.49. The molecule has 2 fully saturated rings. The van der Waals surface area contributed by atoms with E-state index in [9.17, 15) is 0 Å². The fourth-order valence-electron chi connectivity index (χ4n) is 3.53. The van der Waals surface area contributed by atoms with Crippen molar-refractivity contribution in [2.24, 2.45) is 5.41 Å². The maximum Gasteiger partial charge on any atom is 0.225 e. The molecule has 0 unspecified atom stereocenters. The van der Waals surface area contributed by atoms with E-state index in [1.165, 1.54) is 0 Å². The summed E-state index contributed by atoms with van der Waals surface area (Å²) in [6.07, 6.45) is 7.54. The zero-order valence-corrected chi connectivity index (χ0v) is 13.0. The standard InChI is InChI=1S/C17H20N4O2/c1-2-7-18-15(4-1)23-13-17-6-11-22-14(17)5-10-21(12-17)16-19-8-3-9-20-16/h1-4,7-9,14H,5-6,10-13H2/t14-,17+/m1/s1. The van der Waals surface area contributed by atoms with Crippen molar-refractivity contribution >= 4 is 5.95 Å². The first kappa shape index (κ1) is 14.4. The molecule has 0 bridgehead atoms. The summed E-state index contributed by atoms with van der Waals surface area (Å²) in [5.74, 6) is 1.45. The van der Waals surface area contributed by atoms with Crippen LogP contribution in [0.2, 0.25) is 0 Å². The predicted molar refractivity (Wildman–Crippen MR) is 85.4 cm³/mol. The Morgan fingerprint density at radius 2 is 2.04 bits per heavy atom. The summed E-state index contributed by atoms with van der Waals surface area (Å²) >= 11 is 0. The number of anilines is 1. The van der Waals surface area contributed by atoms with Crippen molar-refractivity contribution in [3.63, 3.8) is 0 Å². The summed E-state index contributed by atoms with van der Waals surface area (Å²) in [4.78, 5) is 15.3. The highest BCUT2D eigenvalue weighted by Crippen LogP contribution is 2.41. The van der Waals surface area contributed by atoms with Crippen LogP contribution in [0.1, 0.15) is 12.8 Å². The normalized spacial score (nSPS) is 26.8. The lowest BCUT2D eigenvalue weighted by Gasteiger charge is -2.43. The average molecular weight is 312 g/mol. The van der Waals surface area contributed by atoms with E-state index in [1.807, 2.05) is 24.3 Å². The first-order valence-electron chi connectivity index (χ1n) is 8.03. The molecule has 0 radical (unpaired) electrons. The SMILES string of the molecule is c1ccc(OC[C@@]23CCO[C@@H]2CCN(c2ncccn2)C3)nc1. The molecule has 2 atom stereocenters. The van der Waals surface area contributed by atoms with Crippen LogP contribution in [-0.2, 0) is 4.74 Å². The average Bonchev–Trinajstić information content (AvgIpc) is 3.05. The van der Waals surface area contributed by atoms with Crippen molar-refractivity contribution in [2.75, 3.05) is 31.2 Å². The third-order valence-corrected chi connectivity index (χ3v) is 4.75. The Bertz CT molecular complexity index is 640. The van der Waals surface area contributed by atoms with Crippen LogP contribution in [-0.4, -0.2) is 47.4 Å². The summed E-state index contributed by atoms with van der Waals surface area (Å²) in [5, 5.41) is 0. The van der Waals surface area contributed by atoms with E-state index in [2.05, 4.69) is 19.9 Å². The fraction of sp³-hybridized carbons (Fsp3) is 0.471. The van der Waals surface area contributed by atoms with Gasteiger partial charge in [0.05, 0.1) is 18.1 Å². The van der Waals surface area contributed by atoms with Crippen molar-refractivity contribution in [2.45, 2.75) is 18.9 Å². The van der Waals surface area contributed by atoms with Crippen molar-refractivity contribution in [3.05, 3.63) is 42.9 Å². The van der Waals surface area contributed by atoms with Crippen LogP contribution in [0.15, 0.2) is 42.9 Å². The molecular formula is C17H20N4O2. The van der Waals surface area contributed by atoms with Crippen LogP contribution >= 0.6 is 0 Å². The number of hydrogen-bond donors (Lipinski definition) is 0. The lowest BCUT2D eigenvalue weighted by Crippen LogP contribution is -2.53. The molecule has 4 heterocycles. The Kier molecular flexibility index (Phi) is 3.83. The van der Waals surface area contributed by atoms with Gasteiger partial charge in [0.1, 0.15) is 0 Å². The molecule has 0 aliphatic carbocycles. The number of nitrogens with zero attached hydrogens (tertiary/aromatic N) is 4. The van der Waals surface area contributed by atoms with E-state index < -0.39 is 0 Å². The molecule has 120 valence electrons. The van der Waals surface area contributed by atoms with E-state index in [0.29, 0.717) is 12.5 Å². The quantitative estimate of drug-likeness (QED) is 0.860. The molecule has 2 aromatic rings. The number of aromatic nitrogens is 3. The first-order valence-corrected chi connectivity index (χ1v) is 8.03. The van der Waals surface area contributed by atoms with Crippen LogP contribution in [0.4, 0.5) is 5.95 Å². The predicted octanol–water partition coefficient (Wildman–Crippen LogP) is 1.94. The van der Waals surface area contributed by atoms with E-state index in [-0.39, 0.29) is 11.5 Å². The largest absolute Gasteiger partial charge is 0.477 e. The van der Waals surface area contributed by atoms with Gasteiger partial charge in [-0.25, -0.2) is 15.0 Å². The minimum Gasteiger partial charge on any atom is -0.477 e. The van der Waals surface area contributed by atoms with Gasteiger partial charge in [-0.1, -0.05) is 6.07 Å². The molecule has 2 aromatic heterocycles. The molecule has 0 amide bonds. The summed E-state index contributed by atoms with van der Waals surface area (Å²) in [6, 6.07) is 7.56. The van der Waals surface area contributed by atoms with Gasteiger partial charge in [0.25, 0.3) is 0 Å². The molecule has 0 aromatic carbocycles. The summed E-state index contributed by atoms with van der Waals surface area (Å²) in [5.41, 5.74) is -0.0189. The summed E-state index contributed by atoms with van der Waals surface area (Å²) in [6.45, 7) is 3.17. The highest BCUT2D eigenvalue weighted by atomic mass is 16.5. The Morgan fingerprint density at radius 1 is 1.17 bits per heavy atom. The lowest BCUT2D eigenvalue weighted by molar-refractivity contribution is 0.00714. The van der Waals surface area contributed by atoms with Crippen LogP contribution in [0.3, 0.4) is 0 Å². The molecule has 0 saturated carbocycles. The number of fused-ring (bicyclic) bond motifs is 1. The Morgan fingerprint density at radius 3 is 2.87 bits per heavy atom. The van der Waals surface area contributed by atoms with Crippen LogP contribution < -0.4 is 9.64 Å². The maximum absolute atomic E-state index is 5.98. The van der Waals surface area contributed by atoms with Gasteiger partial charge in [-0.05, 0) is 25.0 Å². The van der Waals surface area contributed by atoms with Gasteiger partial charge >= 0.3 is 0 Å². The van der Waals surface area contributed by atoms with Gasteiger partial charge in [0.15, 0.2) is 0 Å². The molecule has 2 aliphatic rings. The smallest absolute Gasteiger partial charge is 0.225 e. The molecule has 6 nitrogen and oxygen atoms in total. The minimum atomic E-state index is -0.0189. The number of piperidine rings is 1. The van der Waals surface area contributed by atoms with Crippen LogP contribution in [0.5, 0.6) is 5.88 Å². The summed E-state index contributed by atoms with van der Waals surface area (Å²) in [7, 11) is 0. The lowest BCUT2D eigenvalue weighted by atomic mass is 9.77. The van der Waals surface area contributed by atoms with Gasteiger partial charge in [-0.15, -0.1) is 0 Å². The highest BCUT2D eigenvalue weighted by molar-refractivity contribution is 5.31. The molecule has 23 heavy (non-hydrogen) atoms. The van der Waals surface area contributed by atoms with E-state index >= 15 is 0 Å². The van der Waals surface area contributed by atoms with Gasteiger partial charge in [0.2, 0.25) is 11.8 Å². The zero-order valence-electron chi connectivity index (χ0n) is 13.0. The molecule has 2 aliphatic heterocycles. The molecule has 0 spiro atoms. The molecule has 0 N–H and O–H groups in total. The van der Waals surface area contributed by atoms with Gasteiger partial charge in [-0.2, -0.15) is 0 Å². The number of ether oxygens (including phenoxy) is 2. The third kappa shape index (κ3) is 2.86. The maximum atomic E-state index is 5.98. The first-order chi connectivity index (χ1) is 11.4. The third-order valence-electron chi connectivity index (χ3n) is 4.75. The van der Waals surface area contributed by atoms with Gasteiger partial charge in [-0.3, -0.25) is 0 Å². The Balaban J connectivity index is 1.51. The van der Waals surface area contributed by atoms with Crippen molar-refractivity contribution < 1.29 is 9.47 Å². The van der Waals surface area contributed by atoms with E-state index in [1.54, 1.807) is 18.6 Å². The number of pyridine rings is 1. The topological polar surface area (TPSA) is 60.4 Å². The van der Waals surface area contributed by atoms with Crippen LogP contribution in [0, 0.1) is 5.41 Å². The minimum absolute atomic E-state index is 0.0189. The summed E-state index contributed by atoms with van der Waals surface area (Å²) < 4.78 is 11.9. The van der Waals surface area contributed by atoms with Crippen molar-refractivity contribution in [1.82, 2.24) is 15.0 Å². The van der Waals surface area contributed by atoms with Gasteiger partial charge in [0, 0.05) is 44.4 Å². The molecule has 4 rings (SSSR count). The number of rotatable bonds is 4. The second kappa shape index (κ2) is 6.12. The second-order valence-electron chi connectivity index (χ2n) is 6.19. The monoisotopic (exact) mass is 312 g/mol. The Labute approximate surface area is 135 Å². The van der Waals surface area contributed by atoms with Crippen LogP contribution in [0.25, 0.3) is 0 Å². The van der Waals surface area contributed by atoms with Gasteiger partial charge < -0.3 is 14.4 Å². The van der Waals surface area contributed by atoms with Crippen molar-refractivity contribution in [1.29, 1.82) is 0 Å². The Hall–Kier alpha value is -2.21. The zero-order chi connectivity index (χ0) is 15.5. The molecule has 2 saturated heterocycles. The number of hydrogen-bond acceptors (Lipinski definition) is 6. The van der Waals surface area contributed by atoms with E-state index in [4.69, 9.17) is 9.47 Å².